The molecule has 0 bridgehead atoms. The van der Waals surface area contributed by atoms with Gasteiger partial charge < -0.3 is 9.47 Å². The van der Waals surface area contributed by atoms with Crippen molar-refractivity contribution in [1.29, 1.82) is 0 Å². The monoisotopic (exact) mass is 314 g/mol. The number of aliphatic imine (C=N–C) groups is 1. The van der Waals surface area contributed by atoms with Crippen molar-refractivity contribution < 1.29 is 14.3 Å². The lowest BCUT2D eigenvalue weighted by Gasteiger charge is -2.07. The maximum atomic E-state index is 11.9. The predicted octanol–water partition coefficient (Wildman–Crippen LogP) is 3.09. The number of esters is 1. The quantitative estimate of drug-likeness (QED) is 0.645. The molecule has 3 rings (SSSR count). The first-order valence-corrected chi connectivity index (χ1v) is 6.81. The van der Waals surface area contributed by atoms with Crippen LogP contribution in [0.4, 0.5) is 0 Å². The molecule has 5 nitrogen and oxygen atoms in total. The Labute approximate surface area is 131 Å². The van der Waals surface area contributed by atoms with Crippen molar-refractivity contribution in [3.63, 3.8) is 0 Å². The van der Waals surface area contributed by atoms with Crippen molar-refractivity contribution >= 4 is 29.5 Å². The van der Waals surface area contributed by atoms with Gasteiger partial charge in [-0.15, -0.1) is 0 Å². The molecule has 0 fully saturated rings. The molecule has 0 spiro atoms. The summed E-state index contributed by atoms with van der Waals surface area (Å²) in [5.74, 6) is 0.166. The smallest absolute Gasteiger partial charge is 0.363 e. The van der Waals surface area contributed by atoms with E-state index in [2.05, 4.69) is 9.98 Å². The molecule has 0 radical (unpaired) electrons. The zero-order valence-corrected chi connectivity index (χ0v) is 12.4. The number of ether oxygens (including phenoxy) is 2. The van der Waals surface area contributed by atoms with Gasteiger partial charge in [-0.3, -0.25) is 4.98 Å². The Kier molecular flexibility index (Phi) is 3.89. The summed E-state index contributed by atoms with van der Waals surface area (Å²) in [6.45, 7) is 0. The van der Waals surface area contributed by atoms with E-state index in [-0.39, 0.29) is 11.6 Å². The lowest BCUT2D eigenvalue weighted by Crippen LogP contribution is -2.07. The summed E-state index contributed by atoms with van der Waals surface area (Å²) in [4.78, 5) is 20.2. The number of nitrogens with zero attached hydrogens (tertiary/aromatic N) is 2. The number of pyridine rings is 1. The fraction of sp³-hybridized carbons (Fsp3) is 0.0625. The van der Waals surface area contributed by atoms with Gasteiger partial charge in [0.15, 0.2) is 5.70 Å². The second-order valence-corrected chi connectivity index (χ2v) is 4.90. The Morgan fingerprint density at radius 1 is 1.32 bits per heavy atom. The SMILES string of the molecule is COc1ccc(Cl)cc1C1=N/C(=C\c2cccnc2)C(=O)O1. The third-order valence-corrected chi connectivity index (χ3v) is 3.24. The molecular weight excluding hydrogens is 304 g/mol. The van der Waals surface area contributed by atoms with E-state index in [4.69, 9.17) is 21.1 Å². The van der Waals surface area contributed by atoms with Crippen LogP contribution in [0.15, 0.2) is 53.4 Å². The Morgan fingerprint density at radius 2 is 2.18 bits per heavy atom. The van der Waals surface area contributed by atoms with Crippen LogP contribution >= 0.6 is 11.6 Å². The van der Waals surface area contributed by atoms with Gasteiger partial charge in [0.1, 0.15) is 5.75 Å². The summed E-state index contributed by atoms with van der Waals surface area (Å²) in [6, 6.07) is 8.61. The molecule has 6 heteroatoms. The van der Waals surface area contributed by atoms with Gasteiger partial charge in [0, 0.05) is 17.4 Å². The number of benzene rings is 1. The number of halogens is 1. The van der Waals surface area contributed by atoms with E-state index in [0.717, 1.165) is 5.56 Å². The molecule has 0 N–H and O–H groups in total. The van der Waals surface area contributed by atoms with Crippen molar-refractivity contribution in [2.45, 2.75) is 0 Å². The number of carbonyl (C=O) groups excluding carboxylic acids is 1. The van der Waals surface area contributed by atoms with Gasteiger partial charge in [-0.05, 0) is 35.9 Å². The minimum Gasteiger partial charge on any atom is -0.496 e. The van der Waals surface area contributed by atoms with Crippen LogP contribution in [-0.2, 0) is 9.53 Å². The topological polar surface area (TPSA) is 60.8 Å². The summed E-state index contributed by atoms with van der Waals surface area (Å²) < 4.78 is 10.5. The molecule has 1 aliphatic heterocycles. The van der Waals surface area contributed by atoms with Crippen molar-refractivity contribution in [1.82, 2.24) is 4.98 Å². The zero-order valence-electron chi connectivity index (χ0n) is 11.6. The summed E-state index contributed by atoms with van der Waals surface area (Å²) in [7, 11) is 1.52. The molecule has 0 atom stereocenters. The molecule has 0 unspecified atom stereocenters. The number of cyclic esters (lactones) is 1. The number of methoxy groups -OCH3 is 1. The predicted molar refractivity (Wildman–Crippen MR) is 82.8 cm³/mol. The second kappa shape index (κ2) is 5.99. The number of rotatable bonds is 3. The minimum atomic E-state index is -0.527. The van der Waals surface area contributed by atoms with E-state index in [1.165, 1.54) is 7.11 Å². The van der Waals surface area contributed by atoms with Gasteiger partial charge in [-0.2, -0.15) is 0 Å². The van der Waals surface area contributed by atoms with Crippen molar-refractivity contribution in [3.05, 3.63) is 64.6 Å². The molecule has 0 aliphatic carbocycles. The normalized spacial score (nSPS) is 15.6. The highest BCUT2D eigenvalue weighted by atomic mass is 35.5. The van der Waals surface area contributed by atoms with Gasteiger partial charge >= 0.3 is 5.97 Å². The molecule has 0 amide bonds. The fourth-order valence-corrected chi connectivity index (χ4v) is 2.16. The molecule has 0 saturated heterocycles. The molecule has 1 aromatic heterocycles. The molecular formula is C16H11ClN2O3. The number of carbonyl (C=O) groups is 1. The van der Waals surface area contributed by atoms with Crippen molar-refractivity contribution in [2.75, 3.05) is 7.11 Å². The van der Waals surface area contributed by atoms with Gasteiger partial charge in [0.2, 0.25) is 5.90 Å². The number of aromatic nitrogens is 1. The summed E-state index contributed by atoms with van der Waals surface area (Å²) >= 11 is 5.98. The van der Waals surface area contributed by atoms with E-state index >= 15 is 0 Å². The maximum absolute atomic E-state index is 11.9. The van der Waals surface area contributed by atoms with Crippen LogP contribution in [0.1, 0.15) is 11.1 Å². The average molecular weight is 315 g/mol. The van der Waals surface area contributed by atoms with Gasteiger partial charge in [0.05, 0.1) is 12.7 Å². The summed E-state index contributed by atoms with van der Waals surface area (Å²) in [6.07, 6.45) is 4.90. The summed E-state index contributed by atoms with van der Waals surface area (Å²) in [5, 5.41) is 0.499. The van der Waals surface area contributed by atoms with Crippen molar-refractivity contribution in [2.24, 2.45) is 4.99 Å². The Balaban J connectivity index is 2.00. The van der Waals surface area contributed by atoms with Crippen molar-refractivity contribution in [3.8, 4) is 5.75 Å². The molecule has 2 heterocycles. The molecule has 2 aromatic rings. The first-order chi connectivity index (χ1) is 10.7. The number of hydrogen-bond acceptors (Lipinski definition) is 5. The van der Waals surface area contributed by atoms with Crippen LogP contribution in [0.3, 0.4) is 0 Å². The van der Waals surface area contributed by atoms with Crippen LogP contribution in [0.5, 0.6) is 5.75 Å². The lowest BCUT2D eigenvalue weighted by molar-refractivity contribution is -0.129. The maximum Gasteiger partial charge on any atom is 0.363 e. The third kappa shape index (κ3) is 2.84. The molecule has 22 heavy (non-hydrogen) atoms. The summed E-state index contributed by atoms with van der Waals surface area (Å²) in [5.41, 5.74) is 1.49. The van der Waals surface area contributed by atoms with Gasteiger partial charge in [-0.1, -0.05) is 17.7 Å². The zero-order chi connectivity index (χ0) is 15.5. The number of hydrogen-bond donors (Lipinski definition) is 0. The Bertz CT molecular complexity index is 785. The van der Waals surface area contributed by atoms with Crippen LogP contribution in [-0.4, -0.2) is 24.0 Å². The van der Waals surface area contributed by atoms with Gasteiger partial charge in [0.25, 0.3) is 0 Å². The van der Waals surface area contributed by atoms with E-state index in [1.54, 1.807) is 42.7 Å². The third-order valence-electron chi connectivity index (χ3n) is 3.00. The molecule has 1 aliphatic rings. The molecule has 110 valence electrons. The van der Waals surface area contributed by atoms with E-state index in [1.807, 2.05) is 6.07 Å². The highest BCUT2D eigenvalue weighted by Gasteiger charge is 2.26. The first-order valence-electron chi connectivity index (χ1n) is 6.44. The fourth-order valence-electron chi connectivity index (χ4n) is 1.99. The van der Waals surface area contributed by atoms with Gasteiger partial charge in [-0.25, -0.2) is 9.79 Å². The Morgan fingerprint density at radius 3 is 2.91 bits per heavy atom. The highest BCUT2D eigenvalue weighted by Crippen LogP contribution is 2.27. The van der Waals surface area contributed by atoms with E-state index in [0.29, 0.717) is 16.3 Å². The van der Waals surface area contributed by atoms with Crippen LogP contribution in [0.25, 0.3) is 6.08 Å². The van der Waals surface area contributed by atoms with Crippen LogP contribution < -0.4 is 4.74 Å². The minimum absolute atomic E-state index is 0.166. The average Bonchev–Trinajstić information content (AvgIpc) is 2.89. The lowest BCUT2D eigenvalue weighted by atomic mass is 10.2. The highest BCUT2D eigenvalue weighted by molar-refractivity contribution is 6.31. The molecule has 1 aromatic carbocycles. The second-order valence-electron chi connectivity index (χ2n) is 4.47. The molecule has 0 saturated carbocycles. The first kappa shape index (κ1) is 14.3. The van der Waals surface area contributed by atoms with E-state index < -0.39 is 5.97 Å². The standard InChI is InChI=1S/C16H11ClN2O3/c1-21-14-5-4-11(17)8-12(14)15-19-13(16(20)22-15)7-10-3-2-6-18-9-10/h2-9H,1H3/b13-7-. The van der Waals surface area contributed by atoms with Crippen LogP contribution in [0, 0.1) is 0 Å². The van der Waals surface area contributed by atoms with E-state index in [9.17, 15) is 4.79 Å². The largest absolute Gasteiger partial charge is 0.496 e. The Hall–Kier alpha value is -2.66. The van der Waals surface area contributed by atoms with Crippen LogP contribution in [0.2, 0.25) is 5.02 Å².